The van der Waals surface area contributed by atoms with Crippen molar-refractivity contribution >= 4 is 29.2 Å². The quantitative estimate of drug-likeness (QED) is 0.822. The van der Waals surface area contributed by atoms with Crippen LogP contribution in [-0.4, -0.2) is 23.3 Å². The van der Waals surface area contributed by atoms with Gasteiger partial charge in [0.15, 0.2) is 0 Å². The summed E-state index contributed by atoms with van der Waals surface area (Å²) >= 11 is 2.57. The second-order valence-electron chi connectivity index (χ2n) is 3.91. The van der Waals surface area contributed by atoms with Crippen molar-refractivity contribution in [1.82, 2.24) is 0 Å². The molecule has 1 saturated heterocycles. The highest BCUT2D eigenvalue weighted by molar-refractivity contribution is 7.99. The number of nitrogens with one attached hydrogen (secondary N) is 1. The van der Waals surface area contributed by atoms with E-state index >= 15 is 0 Å². The topological polar surface area (TPSA) is 12.0 Å². The molecule has 0 unspecified atom stereocenters. The largest absolute Gasteiger partial charge is 0.381 e. The molecule has 1 heterocycles. The van der Waals surface area contributed by atoms with E-state index < -0.39 is 5.76 Å². The highest BCUT2D eigenvalue weighted by Crippen LogP contribution is 2.33. The van der Waals surface area contributed by atoms with Gasteiger partial charge in [-0.3, -0.25) is 0 Å². The summed E-state index contributed by atoms with van der Waals surface area (Å²) in [5, 5.41) is 3.39. The zero-order valence-corrected chi connectivity index (χ0v) is 11.0. The summed E-state index contributed by atoms with van der Waals surface area (Å²) < 4.78 is 24.8. The van der Waals surface area contributed by atoms with Crippen molar-refractivity contribution in [2.75, 3.05) is 16.8 Å². The van der Waals surface area contributed by atoms with Crippen molar-refractivity contribution in [3.8, 4) is 0 Å². The maximum Gasteiger partial charge on any atom is 0.288 e. The van der Waals surface area contributed by atoms with Crippen LogP contribution in [0.1, 0.15) is 12.8 Å². The number of benzene rings is 1. The number of hydrogen-bond acceptors (Lipinski definition) is 3. The van der Waals surface area contributed by atoms with Gasteiger partial charge in [-0.2, -0.15) is 20.5 Å². The van der Waals surface area contributed by atoms with E-state index in [1.54, 1.807) is 12.1 Å². The smallest absolute Gasteiger partial charge is 0.288 e. The fraction of sp³-hybridized carbons (Fsp3) is 0.500. The first-order chi connectivity index (χ1) is 8.25. The lowest BCUT2D eigenvalue weighted by Crippen LogP contribution is -2.24. The van der Waals surface area contributed by atoms with Crippen LogP contribution in [0.3, 0.4) is 0 Å². The molecule has 0 amide bonds. The Hall–Kier alpha value is -0.420. The normalized spacial score (nSPS) is 17.4. The lowest BCUT2D eigenvalue weighted by molar-refractivity contribution is 0.252. The molecule has 0 spiro atoms. The second kappa shape index (κ2) is 6.50. The van der Waals surface area contributed by atoms with Gasteiger partial charge >= 0.3 is 0 Å². The third kappa shape index (κ3) is 4.07. The number of halogens is 2. The first-order valence-electron chi connectivity index (χ1n) is 5.64. The molecule has 1 aliphatic rings. The third-order valence-electron chi connectivity index (χ3n) is 2.68. The molecule has 0 atom stereocenters. The first-order valence-corrected chi connectivity index (χ1v) is 7.67. The molecule has 0 radical (unpaired) electrons. The van der Waals surface area contributed by atoms with Gasteiger partial charge < -0.3 is 5.32 Å². The maximum absolute atomic E-state index is 12.4. The average Bonchev–Trinajstić information content (AvgIpc) is 2.32. The van der Waals surface area contributed by atoms with E-state index in [4.69, 9.17) is 0 Å². The van der Waals surface area contributed by atoms with Gasteiger partial charge in [0.25, 0.3) is 5.76 Å². The molecule has 1 nitrogen and oxygen atoms in total. The summed E-state index contributed by atoms with van der Waals surface area (Å²) in [5.74, 6) is -0.0521. The predicted octanol–water partition coefficient (Wildman–Crippen LogP) is 4.31. The molecule has 17 heavy (non-hydrogen) atoms. The molecular weight excluding hydrogens is 260 g/mol. The maximum atomic E-state index is 12.4. The molecule has 94 valence electrons. The Bertz CT molecular complexity index is 354. The number of hydrogen-bond donors (Lipinski definition) is 1. The Labute approximate surface area is 109 Å². The molecule has 1 fully saturated rings. The molecular formula is C12H15F2NS2. The fourth-order valence-electron chi connectivity index (χ4n) is 1.85. The van der Waals surface area contributed by atoms with E-state index in [0.717, 1.165) is 30.0 Å². The van der Waals surface area contributed by atoms with E-state index in [0.29, 0.717) is 22.7 Å². The van der Waals surface area contributed by atoms with Gasteiger partial charge in [-0.05, 0) is 36.5 Å². The average molecular weight is 275 g/mol. The molecule has 5 heteroatoms. The zero-order chi connectivity index (χ0) is 12.1. The monoisotopic (exact) mass is 275 g/mol. The minimum absolute atomic E-state index is 0.427. The van der Waals surface area contributed by atoms with Gasteiger partial charge in [-0.15, -0.1) is 0 Å². The zero-order valence-electron chi connectivity index (χ0n) is 9.36. The summed E-state index contributed by atoms with van der Waals surface area (Å²) in [6.45, 7) is 0. The van der Waals surface area contributed by atoms with Crippen molar-refractivity contribution in [1.29, 1.82) is 0 Å². The van der Waals surface area contributed by atoms with Crippen molar-refractivity contribution in [2.45, 2.75) is 29.5 Å². The minimum atomic E-state index is -2.36. The van der Waals surface area contributed by atoms with Gasteiger partial charge in [0.1, 0.15) is 0 Å². The van der Waals surface area contributed by atoms with Crippen LogP contribution in [-0.2, 0) is 0 Å². The summed E-state index contributed by atoms with van der Waals surface area (Å²) in [6.07, 6.45) is 2.22. The summed E-state index contributed by atoms with van der Waals surface area (Å²) in [7, 11) is 0. The van der Waals surface area contributed by atoms with Crippen LogP contribution in [0.4, 0.5) is 14.5 Å². The highest BCUT2D eigenvalue weighted by atomic mass is 32.2. The fourth-order valence-corrected chi connectivity index (χ4v) is 3.56. The Morgan fingerprint density at radius 2 is 1.94 bits per heavy atom. The van der Waals surface area contributed by atoms with Crippen LogP contribution in [0.5, 0.6) is 0 Å². The number of para-hydroxylation sites is 1. The lowest BCUT2D eigenvalue weighted by atomic mass is 10.1. The van der Waals surface area contributed by atoms with E-state index in [1.807, 2.05) is 23.9 Å². The predicted molar refractivity (Wildman–Crippen MR) is 72.3 cm³/mol. The summed E-state index contributed by atoms with van der Waals surface area (Å²) in [4.78, 5) is 0.640. The summed E-state index contributed by atoms with van der Waals surface area (Å²) in [6, 6.07) is 7.74. The Kier molecular flexibility index (Phi) is 4.98. The Morgan fingerprint density at radius 1 is 1.24 bits per heavy atom. The molecule has 1 aromatic carbocycles. The molecule has 1 N–H and O–H groups in total. The van der Waals surface area contributed by atoms with E-state index in [-0.39, 0.29) is 0 Å². The number of alkyl halides is 2. The molecule has 1 aliphatic heterocycles. The molecule has 0 bridgehead atoms. The van der Waals surface area contributed by atoms with Crippen molar-refractivity contribution in [3.63, 3.8) is 0 Å². The SMILES string of the molecule is FC(F)Sc1ccccc1NC1CCSCC1. The standard InChI is InChI=1S/C12H15F2NS2/c13-12(14)17-11-4-2-1-3-10(11)15-9-5-7-16-8-6-9/h1-4,9,12,15H,5-8H2. The van der Waals surface area contributed by atoms with E-state index in [2.05, 4.69) is 5.32 Å². The number of thioether (sulfide) groups is 2. The van der Waals surface area contributed by atoms with Crippen LogP contribution in [0.25, 0.3) is 0 Å². The van der Waals surface area contributed by atoms with E-state index in [9.17, 15) is 8.78 Å². The Balaban J connectivity index is 2.03. The van der Waals surface area contributed by atoms with Gasteiger partial charge in [0.2, 0.25) is 0 Å². The van der Waals surface area contributed by atoms with Crippen molar-refractivity contribution in [2.24, 2.45) is 0 Å². The van der Waals surface area contributed by atoms with Crippen molar-refractivity contribution in [3.05, 3.63) is 24.3 Å². The third-order valence-corrected chi connectivity index (χ3v) is 4.52. The van der Waals surface area contributed by atoms with Crippen LogP contribution in [0, 0.1) is 0 Å². The van der Waals surface area contributed by atoms with Crippen LogP contribution >= 0.6 is 23.5 Å². The first kappa shape index (κ1) is 13.0. The minimum Gasteiger partial charge on any atom is -0.381 e. The van der Waals surface area contributed by atoms with Gasteiger partial charge in [0, 0.05) is 16.6 Å². The Morgan fingerprint density at radius 3 is 2.65 bits per heavy atom. The van der Waals surface area contributed by atoms with Crippen molar-refractivity contribution < 1.29 is 8.78 Å². The number of rotatable bonds is 4. The lowest BCUT2D eigenvalue weighted by Gasteiger charge is -2.24. The number of anilines is 1. The second-order valence-corrected chi connectivity index (χ2v) is 6.16. The molecule has 0 aliphatic carbocycles. The van der Waals surface area contributed by atoms with Gasteiger partial charge in [-0.25, -0.2) is 0 Å². The molecule has 0 aromatic heterocycles. The van der Waals surface area contributed by atoms with Crippen LogP contribution < -0.4 is 5.32 Å². The molecule has 1 aromatic rings. The molecule has 0 saturated carbocycles. The van der Waals surface area contributed by atoms with E-state index in [1.165, 1.54) is 0 Å². The van der Waals surface area contributed by atoms with Gasteiger partial charge in [0.05, 0.1) is 0 Å². The van der Waals surface area contributed by atoms with Crippen LogP contribution in [0.15, 0.2) is 29.2 Å². The van der Waals surface area contributed by atoms with Crippen LogP contribution in [0.2, 0.25) is 0 Å². The van der Waals surface area contributed by atoms with Gasteiger partial charge in [-0.1, -0.05) is 23.9 Å². The summed E-state index contributed by atoms with van der Waals surface area (Å²) in [5.41, 5.74) is 0.842. The molecule has 2 rings (SSSR count). The highest BCUT2D eigenvalue weighted by Gasteiger charge is 2.16.